The number of carbonyl (C=O) groups excluding carboxylic acids is 2. The molecular weight excluding hydrogens is 368 g/mol. The van der Waals surface area contributed by atoms with E-state index in [9.17, 15) is 9.59 Å². The second kappa shape index (κ2) is 10.2. The second-order valence-corrected chi connectivity index (χ2v) is 7.05. The molecule has 2 aromatic carbocycles. The molecule has 0 aliphatic carbocycles. The third-order valence-corrected chi connectivity index (χ3v) is 5.22. The second-order valence-electron chi connectivity index (χ2n) is 7.05. The van der Waals surface area contributed by atoms with Crippen LogP contribution in [0.5, 0.6) is 0 Å². The van der Waals surface area contributed by atoms with Gasteiger partial charge in [-0.2, -0.15) is 0 Å². The molecule has 0 aromatic heterocycles. The Morgan fingerprint density at radius 2 is 1.69 bits per heavy atom. The molecule has 2 aromatic rings. The van der Waals surface area contributed by atoms with Crippen LogP contribution in [0.1, 0.15) is 39.9 Å². The number of nitrogens with one attached hydrogen (secondary N) is 1. The van der Waals surface area contributed by atoms with Gasteiger partial charge in [-0.3, -0.25) is 9.59 Å². The fourth-order valence-electron chi connectivity index (χ4n) is 3.87. The average molecular weight is 396 g/mol. The molecule has 29 heavy (non-hydrogen) atoms. The van der Waals surface area contributed by atoms with Crippen molar-refractivity contribution < 1.29 is 19.1 Å². The molecule has 0 bridgehead atoms. The maximum Gasteiger partial charge on any atom is 0.254 e. The number of hydrogen-bond acceptors (Lipinski definition) is 4. The number of nitrogens with zero attached hydrogens (tertiary/aromatic N) is 1. The lowest BCUT2D eigenvalue weighted by Gasteiger charge is -2.41. The van der Waals surface area contributed by atoms with Crippen LogP contribution < -0.4 is 5.32 Å². The van der Waals surface area contributed by atoms with E-state index in [0.717, 1.165) is 17.5 Å². The number of amides is 2. The summed E-state index contributed by atoms with van der Waals surface area (Å²) in [5, 5.41) is 3.03. The van der Waals surface area contributed by atoms with Crippen molar-refractivity contribution in [2.45, 2.75) is 18.4 Å². The molecule has 3 rings (SSSR count). The quantitative estimate of drug-likeness (QED) is 0.662. The van der Waals surface area contributed by atoms with Crippen LogP contribution in [0.25, 0.3) is 0 Å². The van der Waals surface area contributed by atoms with E-state index >= 15 is 0 Å². The number of rotatable bonds is 9. The summed E-state index contributed by atoms with van der Waals surface area (Å²) >= 11 is 0. The van der Waals surface area contributed by atoms with Crippen LogP contribution in [0.4, 0.5) is 0 Å². The maximum absolute atomic E-state index is 13.3. The van der Waals surface area contributed by atoms with Gasteiger partial charge in [0.1, 0.15) is 0 Å². The minimum atomic E-state index is -0.495. The molecule has 1 heterocycles. The van der Waals surface area contributed by atoms with Crippen molar-refractivity contribution in [1.82, 2.24) is 10.2 Å². The normalized spacial score (nSPS) is 18.4. The number of ether oxygens (including phenoxy) is 2. The number of carbonyl (C=O) groups is 2. The number of methoxy groups -OCH3 is 2. The van der Waals surface area contributed by atoms with E-state index < -0.39 is 12.0 Å². The smallest absolute Gasteiger partial charge is 0.254 e. The molecule has 0 spiro atoms. The van der Waals surface area contributed by atoms with Crippen molar-refractivity contribution >= 4 is 11.8 Å². The maximum atomic E-state index is 13.3. The van der Waals surface area contributed by atoms with Gasteiger partial charge in [-0.1, -0.05) is 48.5 Å². The van der Waals surface area contributed by atoms with Gasteiger partial charge >= 0.3 is 0 Å². The molecule has 0 saturated heterocycles. The van der Waals surface area contributed by atoms with Crippen LogP contribution in [-0.4, -0.2) is 57.2 Å². The summed E-state index contributed by atoms with van der Waals surface area (Å²) in [6, 6.07) is 16.7. The van der Waals surface area contributed by atoms with Gasteiger partial charge in [0.2, 0.25) is 5.91 Å². The minimum absolute atomic E-state index is 0.0741. The lowest BCUT2D eigenvalue weighted by atomic mass is 9.79. The standard InChI is InChI=1S/C23H28N2O4/c1-28-15-8-13-24-22(26)20-18-11-6-7-12-19(18)23(27)25(14-16-29-2)21(20)17-9-4-3-5-10-17/h3-7,9-12,20-21H,8,13-16H2,1-2H3,(H,24,26). The molecule has 2 unspecified atom stereocenters. The molecule has 1 aliphatic heterocycles. The van der Waals surface area contributed by atoms with Crippen LogP contribution in [0.3, 0.4) is 0 Å². The van der Waals surface area contributed by atoms with E-state index in [2.05, 4.69) is 5.32 Å². The first-order valence-corrected chi connectivity index (χ1v) is 9.89. The Bertz CT molecular complexity index is 825. The van der Waals surface area contributed by atoms with Crippen molar-refractivity contribution in [3.8, 4) is 0 Å². The van der Waals surface area contributed by atoms with Crippen molar-refractivity contribution in [3.05, 3.63) is 71.3 Å². The molecule has 2 atom stereocenters. The summed E-state index contributed by atoms with van der Waals surface area (Å²) in [5.74, 6) is -0.655. The van der Waals surface area contributed by atoms with E-state index in [-0.39, 0.29) is 11.8 Å². The lowest BCUT2D eigenvalue weighted by Crippen LogP contribution is -2.48. The Labute approximate surface area is 171 Å². The van der Waals surface area contributed by atoms with E-state index in [4.69, 9.17) is 9.47 Å². The number of benzene rings is 2. The molecule has 2 amide bonds. The Morgan fingerprint density at radius 3 is 2.41 bits per heavy atom. The van der Waals surface area contributed by atoms with E-state index in [1.54, 1.807) is 25.2 Å². The summed E-state index contributed by atoms with van der Waals surface area (Å²) in [5.41, 5.74) is 2.28. The highest BCUT2D eigenvalue weighted by Crippen LogP contribution is 2.42. The molecule has 0 fully saturated rings. The first kappa shape index (κ1) is 21.0. The molecule has 154 valence electrons. The third-order valence-electron chi connectivity index (χ3n) is 5.22. The van der Waals surface area contributed by atoms with E-state index in [0.29, 0.717) is 31.9 Å². The first-order valence-electron chi connectivity index (χ1n) is 9.89. The average Bonchev–Trinajstić information content (AvgIpc) is 2.76. The van der Waals surface area contributed by atoms with Gasteiger partial charge in [-0.25, -0.2) is 0 Å². The molecular formula is C23H28N2O4. The Balaban J connectivity index is 2.02. The molecule has 6 heteroatoms. The summed E-state index contributed by atoms with van der Waals surface area (Å²) in [7, 11) is 3.25. The van der Waals surface area contributed by atoms with Crippen LogP contribution >= 0.6 is 0 Å². The van der Waals surface area contributed by atoms with Crippen molar-refractivity contribution in [1.29, 1.82) is 0 Å². The zero-order chi connectivity index (χ0) is 20.6. The minimum Gasteiger partial charge on any atom is -0.385 e. The summed E-state index contributed by atoms with van der Waals surface area (Å²) in [6.45, 7) is 1.93. The zero-order valence-corrected chi connectivity index (χ0v) is 17.0. The molecule has 1 aliphatic rings. The van der Waals surface area contributed by atoms with Crippen LogP contribution in [-0.2, 0) is 14.3 Å². The predicted molar refractivity (Wildman–Crippen MR) is 111 cm³/mol. The van der Waals surface area contributed by atoms with Gasteiger partial charge in [0.25, 0.3) is 5.91 Å². The topological polar surface area (TPSA) is 67.9 Å². The number of hydrogen-bond donors (Lipinski definition) is 1. The van der Waals surface area contributed by atoms with Crippen molar-refractivity contribution in [2.75, 3.05) is 40.5 Å². The van der Waals surface area contributed by atoms with Crippen LogP contribution in [0, 0.1) is 0 Å². The van der Waals surface area contributed by atoms with Gasteiger partial charge in [0, 0.05) is 39.5 Å². The molecule has 1 N–H and O–H groups in total. The van der Waals surface area contributed by atoms with Crippen molar-refractivity contribution in [3.63, 3.8) is 0 Å². The van der Waals surface area contributed by atoms with E-state index in [1.807, 2.05) is 48.5 Å². The Kier molecular flexibility index (Phi) is 7.38. The van der Waals surface area contributed by atoms with Gasteiger partial charge in [0.15, 0.2) is 0 Å². The Morgan fingerprint density at radius 1 is 1.00 bits per heavy atom. The van der Waals surface area contributed by atoms with E-state index in [1.165, 1.54) is 0 Å². The van der Waals surface area contributed by atoms with Crippen LogP contribution in [0.15, 0.2) is 54.6 Å². The van der Waals surface area contributed by atoms with Gasteiger partial charge in [-0.05, 0) is 23.6 Å². The Hall–Kier alpha value is -2.70. The van der Waals surface area contributed by atoms with Gasteiger partial charge < -0.3 is 19.7 Å². The van der Waals surface area contributed by atoms with Crippen LogP contribution in [0.2, 0.25) is 0 Å². The monoisotopic (exact) mass is 396 g/mol. The third kappa shape index (κ3) is 4.66. The summed E-state index contributed by atoms with van der Waals surface area (Å²) in [6.07, 6.45) is 0.735. The predicted octanol–water partition coefficient (Wildman–Crippen LogP) is 2.77. The fraction of sp³-hybridized carbons (Fsp3) is 0.391. The van der Waals surface area contributed by atoms with Gasteiger partial charge in [0.05, 0.1) is 18.6 Å². The largest absolute Gasteiger partial charge is 0.385 e. The fourth-order valence-corrected chi connectivity index (χ4v) is 3.87. The van der Waals surface area contributed by atoms with Crippen molar-refractivity contribution in [2.24, 2.45) is 0 Å². The summed E-state index contributed by atoms with van der Waals surface area (Å²) < 4.78 is 10.3. The molecule has 0 radical (unpaired) electrons. The number of fused-ring (bicyclic) bond motifs is 1. The molecule has 6 nitrogen and oxygen atoms in total. The molecule has 0 saturated carbocycles. The summed E-state index contributed by atoms with van der Waals surface area (Å²) in [4.78, 5) is 28.4. The zero-order valence-electron chi connectivity index (χ0n) is 17.0. The highest BCUT2D eigenvalue weighted by atomic mass is 16.5. The highest BCUT2D eigenvalue weighted by Gasteiger charge is 2.43. The highest BCUT2D eigenvalue weighted by molar-refractivity contribution is 6.01. The first-order chi connectivity index (χ1) is 14.2. The van der Waals surface area contributed by atoms with Gasteiger partial charge in [-0.15, -0.1) is 0 Å². The SMILES string of the molecule is COCCCNC(=O)C1c2ccccc2C(=O)N(CCOC)C1c1ccccc1. The lowest BCUT2D eigenvalue weighted by molar-refractivity contribution is -0.124.